The third-order valence-corrected chi connectivity index (χ3v) is 6.88. The van der Waals surface area contributed by atoms with E-state index in [1.807, 2.05) is 11.8 Å². The SMILES string of the molecule is CCOCc1noc(N2CCC(COc3cnc(N4C[C@H](c5cc(F)ccc5F)[C@@H](N)C4)nc3)CC2)n1. The van der Waals surface area contributed by atoms with Crippen LogP contribution in [0.1, 0.15) is 37.1 Å². The van der Waals surface area contributed by atoms with Crippen molar-refractivity contribution in [2.24, 2.45) is 11.7 Å². The fourth-order valence-corrected chi connectivity index (χ4v) is 4.80. The monoisotopic (exact) mass is 515 g/mol. The van der Waals surface area contributed by atoms with Crippen LogP contribution in [0.4, 0.5) is 20.7 Å². The fourth-order valence-electron chi connectivity index (χ4n) is 4.80. The van der Waals surface area contributed by atoms with Gasteiger partial charge < -0.3 is 29.5 Å². The van der Waals surface area contributed by atoms with Gasteiger partial charge in [-0.3, -0.25) is 0 Å². The van der Waals surface area contributed by atoms with Crippen molar-refractivity contribution in [3.8, 4) is 5.75 Å². The lowest BCUT2D eigenvalue weighted by molar-refractivity contribution is 0.126. The number of benzene rings is 1. The van der Waals surface area contributed by atoms with Crippen molar-refractivity contribution in [3.63, 3.8) is 0 Å². The van der Waals surface area contributed by atoms with Gasteiger partial charge in [0.15, 0.2) is 11.6 Å². The van der Waals surface area contributed by atoms with E-state index >= 15 is 0 Å². The van der Waals surface area contributed by atoms with Crippen LogP contribution in [0.25, 0.3) is 0 Å². The lowest BCUT2D eigenvalue weighted by Crippen LogP contribution is -2.35. The summed E-state index contributed by atoms with van der Waals surface area (Å²) < 4.78 is 44.5. The number of hydrogen-bond acceptors (Lipinski definition) is 10. The average molecular weight is 516 g/mol. The second kappa shape index (κ2) is 11.3. The summed E-state index contributed by atoms with van der Waals surface area (Å²) in [6.07, 6.45) is 5.15. The first-order valence-electron chi connectivity index (χ1n) is 12.6. The highest BCUT2D eigenvalue weighted by Gasteiger charge is 2.34. The molecule has 37 heavy (non-hydrogen) atoms. The van der Waals surface area contributed by atoms with Gasteiger partial charge in [-0.2, -0.15) is 4.98 Å². The van der Waals surface area contributed by atoms with Gasteiger partial charge in [-0.05, 0) is 49.4 Å². The molecular weight excluding hydrogens is 484 g/mol. The maximum absolute atomic E-state index is 14.3. The van der Waals surface area contributed by atoms with E-state index in [4.69, 9.17) is 19.7 Å². The Bertz CT molecular complexity index is 1170. The molecule has 1 aromatic carbocycles. The lowest BCUT2D eigenvalue weighted by atomic mass is 9.94. The molecule has 0 aliphatic carbocycles. The first-order chi connectivity index (χ1) is 18.0. The molecule has 2 aliphatic rings. The standard InChI is InChI=1S/C25H31F2N7O3/c1-2-35-15-23-31-25(37-32-23)33-7-5-16(6-8-33)14-36-18-10-29-24(30-11-18)34-12-20(22(28)13-34)19-9-17(26)3-4-21(19)27/h3-4,9-11,16,20,22H,2,5-8,12-15,28H2,1H3/t20-,22+/m1/s1. The zero-order chi connectivity index (χ0) is 25.8. The molecule has 10 nitrogen and oxygen atoms in total. The van der Waals surface area contributed by atoms with Gasteiger partial charge in [0.25, 0.3) is 0 Å². The van der Waals surface area contributed by atoms with E-state index in [1.54, 1.807) is 12.4 Å². The Morgan fingerprint density at radius 3 is 2.65 bits per heavy atom. The highest BCUT2D eigenvalue weighted by molar-refractivity contribution is 5.39. The molecule has 0 radical (unpaired) electrons. The van der Waals surface area contributed by atoms with E-state index < -0.39 is 11.6 Å². The number of hydrogen-bond donors (Lipinski definition) is 1. The second-order valence-corrected chi connectivity index (χ2v) is 9.43. The van der Waals surface area contributed by atoms with Gasteiger partial charge >= 0.3 is 6.01 Å². The Kier molecular flexibility index (Phi) is 7.75. The first-order valence-corrected chi connectivity index (χ1v) is 12.6. The Hall–Kier alpha value is -3.38. The molecular formula is C25H31F2N7O3. The molecule has 12 heteroatoms. The van der Waals surface area contributed by atoms with E-state index in [0.29, 0.717) is 62.4 Å². The van der Waals surface area contributed by atoms with Gasteiger partial charge in [-0.1, -0.05) is 5.16 Å². The van der Waals surface area contributed by atoms with Crippen molar-refractivity contribution in [1.82, 2.24) is 20.1 Å². The van der Waals surface area contributed by atoms with Crippen molar-refractivity contribution in [1.29, 1.82) is 0 Å². The number of rotatable bonds is 9. The highest BCUT2D eigenvalue weighted by Crippen LogP contribution is 2.31. The largest absolute Gasteiger partial charge is 0.490 e. The average Bonchev–Trinajstić information content (AvgIpc) is 3.55. The molecule has 3 aromatic rings. The van der Waals surface area contributed by atoms with Crippen LogP contribution in [0.15, 0.2) is 35.1 Å². The van der Waals surface area contributed by atoms with Crippen molar-refractivity contribution in [3.05, 3.63) is 53.6 Å². The van der Waals surface area contributed by atoms with Crippen molar-refractivity contribution >= 4 is 12.0 Å². The van der Waals surface area contributed by atoms with E-state index in [9.17, 15) is 8.78 Å². The summed E-state index contributed by atoms with van der Waals surface area (Å²) in [5, 5.41) is 3.96. The van der Waals surface area contributed by atoms with Crippen LogP contribution in [0.2, 0.25) is 0 Å². The Morgan fingerprint density at radius 1 is 1.11 bits per heavy atom. The minimum absolute atomic E-state index is 0.283. The van der Waals surface area contributed by atoms with Crippen LogP contribution in [-0.2, 0) is 11.3 Å². The highest BCUT2D eigenvalue weighted by atomic mass is 19.1. The van der Waals surface area contributed by atoms with E-state index in [2.05, 4.69) is 25.0 Å². The Morgan fingerprint density at radius 2 is 1.89 bits per heavy atom. The number of halogens is 2. The second-order valence-electron chi connectivity index (χ2n) is 9.43. The van der Waals surface area contributed by atoms with Gasteiger partial charge in [-0.25, -0.2) is 18.7 Å². The minimum atomic E-state index is -0.480. The molecule has 0 spiro atoms. The van der Waals surface area contributed by atoms with Crippen LogP contribution in [0, 0.1) is 17.6 Å². The predicted molar refractivity (Wildman–Crippen MR) is 131 cm³/mol. The summed E-state index contributed by atoms with van der Waals surface area (Å²) in [4.78, 5) is 17.2. The number of anilines is 2. The summed E-state index contributed by atoms with van der Waals surface area (Å²) in [7, 11) is 0. The zero-order valence-electron chi connectivity index (χ0n) is 20.7. The summed E-state index contributed by atoms with van der Waals surface area (Å²) in [6.45, 7) is 5.91. The van der Waals surface area contributed by atoms with Crippen molar-refractivity contribution in [2.45, 2.75) is 38.3 Å². The van der Waals surface area contributed by atoms with Crippen LogP contribution in [0.5, 0.6) is 5.75 Å². The van der Waals surface area contributed by atoms with Crippen LogP contribution >= 0.6 is 0 Å². The van der Waals surface area contributed by atoms with Crippen molar-refractivity contribution in [2.75, 3.05) is 49.2 Å². The molecule has 0 amide bonds. The number of nitrogens with zero attached hydrogens (tertiary/aromatic N) is 6. The molecule has 5 rings (SSSR count). The molecule has 0 bridgehead atoms. The molecule has 198 valence electrons. The van der Waals surface area contributed by atoms with Crippen LogP contribution in [-0.4, -0.2) is 65.5 Å². The van der Waals surface area contributed by atoms with Gasteiger partial charge in [0.05, 0.1) is 19.0 Å². The van der Waals surface area contributed by atoms with Gasteiger partial charge in [0.2, 0.25) is 5.95 Å². The zero-order valence-corrected chi connectivity index (χ0v) is 20.7. The summed E-state index contributed by atoms with van der Waals surface area (Å²) in [6, 6.07) is 3.63. The maximum Gasteiger partial charge on any atom is 0.324 e. The Labute approximate surface area is 213 Å². The quantitative estimate of drug-likeness (QED) is 0.456. The number of aromatic nitrogens is 4. The lowest BCUT2D eigenvalue weighted by Gasteiger charge is -2.30. The fraction of sp³-hybridized carbons (Fsp3) is 0.520. The third-order valence-electron chi connectivity index (χ3n) is 6.88. The third kappa shape index (κ3) is 5.96. The van der Waals surface area contributed by atoms with Crippen LogP contribution < -0.4 is 20.3 Å². The summed E-state index contributed by atoms with van der Waals surface area (Å²) in [5.41, 5.74) is 6.54. The normalized spacial score (nSPS) is 20.5. The van der Waals surface area contributed by atoms with Gasteiger partial charge in [0.1, 0.15) is 18.2 Å². The van der Waals surface area contributed by atoms with Gasteiger partial charge in [-0.15, -0.1) is 0 Å². The molecule has 2 fully saturated rings. The molecule has 2 aromatic heterocycles. The van der Waals surface area contributed by atoms with E-state index in [0.717, 1.165) is 38.1 Å². The number of piperidine rings is 1. The molecule has 0 saturated carbocycles. The summed E-state index contributed by atoms with van der Waals surface area (Å²) in [5.74, 6) is 0.732. The maximum atomic E-state index is 14.3. The predicted octanol–water partition coefficient (Wildman–Crippen LogP) is 2.90. The molecule has 2 aliphatic heterocycles. The minimum Gasteiger partial charge on any atom is -0.490 e. The molecule has 2 saturated heterocycles. The van der Waals surface area contributed by atoms with E-state index in [-0.39, 0.29) is 17.5 Å². The Balaban J connectivity index is 1.09. The van der Waals surface area contributed by atoms with Crippen LogP contribution in [0.3, 0.4) is 0 Å². The smallest absolute Gasteiger partial charge is 0.324 e. The molecule has 2 atom stereocenters. The molecule has 0 unspecified atom stereocenters. The van der Waals surface area contributed by atoms with Crippen molar-refractivity contribution < 1.29 is 22.8 Å². The molecule has 2 N–H and O–H groups in total. The van der Waals surface area contributed by atoms with E-state index in [1.165, 1.54) is 6.07 Å². The first kappa shape index (κ1) is 25.3. The van der Waals surface area contributed by atoms with Gasteiger partial charge in [0, 0.05) is 44.7 Å². The number of ether oxygens (including phenoxy) is 2. The molecule has 4 heterocycles. The topological polar surface area (TPSA) is 116 Å². The number of nitrogens with two attached hydrogens (primary N) is 1. The summed E-state index contributed by atoms with van der Waals surface area (Å²) >= 11 is 0.